The second-order valence-electron chi connectivity index (χ2n) is 4.65. The van der Waals surface area contributed by atoms with Crippen molar-refractivity contribution in [1.82, 2.24) is 10.5 Å². The number of hydrogen-bond acceptors (Lipinski definition) is 5. The zero-order valence-electron chi connectivity index (χ0n) is 11.9. The van der Waals surface area contributed by atoms with Crippen LogP contribution in [0.1, 0.15) is 29.2 Å². The predicted molar refractivity (Wildman–Crippen MR) is 77.6 cm³/mol. The summed E-state index contributed by atoms with van der Waals surface area (Å²) in [6.07, 6.45) is 1.46. The molecule has 1 aromatic carbocycles. The van der Waals surface area contributed by atoms with Crippen LogP contribution in [0.2, 0.25) is 0 Å². The summed E-state index contributed by atoms with van der Waals surface area (Å²) in [6, 6.07) is 13.8. The average molecular weight is 298 g/mol. The van der Waals surface area contributed by atoms with E-state index in [0.717, 1.165) is 0 Å². The fraction of sp³-hybridized carbons (Fsp3) is 0.125. The molecule has 0 bridgehead atoms. The third-order valence-electron chi connectivity index (χ3n) is 3.02. The molecular weight excluding hydrogens is 284 g/mol. The van der Waals surface area contributed by atoms with Gasteiger partial charge in [-0.3, -0.25) is 4.79 Å². The van der Waals surface area contributed by atoms with Crippen LogP contribution in [0.25, 0.3) is 0 Å². The fourth-order valence-corrected chi connectivity index (χ4v) is 1.89. The standard InChI is InChI=1S/C16H14N2O4/c1-11(13-9-10-20-18-13)17-16(19)14-7-8-15(22-14)21-12-5-3-2-4-6-12/h2-11H,1H3,(H,17,19). The van der Waals surface area contributed by atoms with Crippen LogP contribution in [0, 0.1) is 0 Å². The Hall–Kier alpha value is -3.02. The third-order valence-corrected chi connectivity index (χ3v) is 3.02. The average Bonchev–Trinajstić information content (AvgIpc) is 3.19. The molecule has 0 spiro atoms. The minimum atomic E-state index is -0.349. The van der Waals surface area contributed by atoms with Crippen molar-refractivity contribution in [1.29, 1.82) is 0 Å². The first-order valence-electron chi connectivity index (χ1n) is 6.76. The summed E-state index contributed by atoms with van der Waals surface area (Å²) < 4.78 is 15.7. The van der Waals surface area contributed by atoms with E-state index in [0.29, 0.717) is 11.4 Å². The highest BCUT2D eigenvalue weighted by molar-refractivity contribution is 5.91. The highest BCUT2D eigenvalue weighted by Gasteiger charge is 2.17. The number of rotatable bonds is 5. The van der Waals surface area contributed by atoms with Crippen molar-refractivity contribution in [3.8, 4) is 11.7 Å². The van der Waals surface area contributed by atoms with Crippen molar-refractivity contribution >= 4 is 5.91 Å². The lowest BCUT2D eigenvalue weighted by Crippen LogP contribution is -2.26. The van der Waals surface area contributed by atoms with Crippen LogP contribution in [0.3, 0.4) is 0 Å². The van der Waals surface area contributed by atoms with E-state index in [9.17, 15) is 4.79 Å². The van der Waals surface area contributed by atoms with Gasteiger partial charge in [0.05, 0.1) is 6.04 Å². The molecule has 1 N–H and O–H groups in total. The first-order valence-corrected chi connectivity index (χ1v) is 6.76. The molecule has 0 fully saturated rings. The lowest BCUT2D eigenvalue weighted by atomic mass is 10.2. The highest BCUT2D eigenvalue weighted by Crippen LogP contribution is 2.23. The molecule has 2 heterocycles. The van der Waals surface area contributed by atoms with Gasteiger partial charge in [-0.1, -0.05) is 23.4 Å². The second kappa shape index (κ2) is 6.17. The first kappa shape index (κ1) is 13.9. The van der Waals surface area contributed by atoms with E-state index in [1.807, 2.05) is 18.2 Å². The van der Waals surface area contributed by atoms with Crippen molar-refractivity contribution in [3.63, 3.8) is 0 Å². The molecule has 0 radical (unpaired) electrons. The molecule has 1 amide bonds. The van der Waals surface area contributed by atoms with Gasteiger partial charge in [-0.25, -0.2) is 0 Å². The van der Waals surface area contributed by atoms with Crippen LogP contribution in [0.5, 0.6) is 11.7 Å². The number of aromatic nitrogens is 1. The molecule has 22 heavy (non-hydrogen) atoms. The van der Waals surface area contributed by atoms with Crippen molar-refractivity contribution in [3.05, 3.63) is 66.2 Å². The summed E-state index contributed by atoms with van der Waals surface area (Å²) in [5.74, 6) is 0.713. The Balaban J connectivity index is 1.64. The number of amides is 1. The van der Waals surface area contributed by atoms with Crippen molar-refractivity contribution in [2.75, 3.05) is 0 Å². The molecule has 0 aliphatic rings. The van der Waals surface area contributed by atoms with E-state index < -0.39 is 0 Å². The number of nitrogens with one attached hydrogen (secondary N) is 1. The van der Waals surface area contributed by atoms with E-state index in [2.05, 4.69) is 10.5 Å². The Morgan fingerprint density at radius 3 is 2.73 bits per heavy atom. The highest BCUT2D eigenvalue weighted by atomic mass is 16.6. The largest absolute Gasteiger partial charge is 0.426 e. The zero-order chi connectivity index (χ0) is 15.4. The van der Waals surface area contributed by atoms with Gasteiger partial charge < -0.3 is 19.0 Å². The SMILES string of the molecule is CC(NC(=O)c1ccc(Oc2ccccc2)o1)c1ccon1. The molecule has 3 rings (SSSR count). The molecular formula is C16H14N2O4. The van der Waals surface area contributed by atoms with E-state index in [4.69, 9.17) is 13.7 Å². The molecule has 0 aliphatic heterocycles. The van der Waals surface area contributed by atoms with E-state index in [1.54, 1.807) is 37.3 Å². The molecule has 1 atom stereocenters. The predicted octanol–water partition coefficient (Wildman–Crippen LogP) is 3.55. The number of carbonyl (C=O) groups is 1. The second-order valence-corrected chi connectivity index (χ2v) is 4.65. The van der Waals surface area contributed by atoms with E-state index >= 15 is 0 Å². The molecule has 6 heteroatoms. The maximum absolute atomic E-state index is 12.1. The number of ether oxygens (including phenoxy) is 1. The number of para-hydroxylation sites is 1. The number of benzene rings is 1. The van der Waals surface area contributed by atoms with Gasteiger partial charge in [-0.05, 0) is 25.1 Å². The van der Waals surface area contributed by atoms with Crippen LogP contribution < -0.4 is 10.1 Å². The molecule has 2 aromatic heterocycles. The quantitative estimate of drug-likeness (QED) is 0.779. The van der Waals surface area contributed by atoms with Crippen LogP contribution in [0.4, 0.5) is 0 Å². The first-order chi connectivity index (χ1) is 10.7. The minimum absolute atomic E-state index is 0.168. The molecule has 0 saturated carbocycles. The normalized spacial score (nSPS) is 11.9. The van der Waals surface area contributed by atoms with Gasteiger partial charge in [0.25, 0.3) is 11.9 Å². The van der Waals surface area contributed by atoms with Crippen molar-refractivity contribution < 1.29 is 18.5 Å². The minimum Gasteiger partial charge on any atom is -0.426 e. The van der Waals surface area contributed by atoms with Crippen LogP contribution in [-0.4, -0.2) is 11.1 Å². The summed E-state index contributed by atoms with van der Waals surface area (Å²) in [5, 5.41) is 6.54. The lowest BCUT2D eigenvalue weighted by Gasteiger charge is -2.09. The zero-order valence-corrected chi connectivity index (χ0v) is 11.9. The van der Waals surface area contributed by atoms with Gasteiger partial charge in [-0.2, -0.15) is 0 Å². The summed E-state index contributed by atoms with van der Waals surface area (Å²) in [6.45, 7) is 1.81. The Morgan fingerprint density at radius 1 is 1.18 bits per heavy atom. The van der Waals surface area contributed by atoms with Crippen molar-refractivity contribution in [2.45, 2.75) is 13.0 Å². The van der Waals surface area contributed by atoms with Crippen LogP contribution >= 0.6 is 0 Å². The Bertz CT molecular complexity index is 735. The molecule has 3 aromatic rings. The van der Waals surface area contributed by atoms with Gasteiger partial charge in [0, 0.05) is 12.1 Å². The number of furan rings is 1. The Kier molecular flexibility index (Phi) is 3.91. The topological polar surface area (TPSA) is 77.5 Å². The molecule has 0 saturated heterocycles. The smallest absolute Gasteiger partial charge is 0.290 e. The maximum Gasteiger partial charge on any atom is 0.290 e. The summed E-state index contributed by atoms with van der Waals surface area (Å²) in [4.78, 5) is 12.1. The van der Waals surface area contributed by atoms with E-state index in [1.165, 1.54) is 6.26 Å². The summed E-state index contributed by atoms with van der Waals surface area (Å²) in [7, 11) is 0. The number of hydrogen-bond donors (Lipinski definition) is 1. The Morgan fingerprint density at radius 2 is 2.00 bits per heavy atom. The van der Waals surface area contributed by atoms with Crippen molar-refractivity contribution in [2.24, 2.45) is 0 Å². The molecule has 6 nitrogen and oxygen atoms in total. The molecule has 1 unspecified atom stereocenters. The number of carbonyl (C=O) groups excluding carboxylic acids is 1. The molecule has 112 valence electrons. The maximum atomic E-state index is 12.1. The van der Waals surface area contributed by atoms with Crippen LogP contribution in [-0.2, 0) is 0 Å². The molecule has 0 aliphatic carbocycles. The lowest BCUT2D eigenvalue weighted by molar-refractivity contribution is 0.0905. The fourth-order valence-electron chi connectivity index (χ4n) is 1.89. The number of nitrogens with zero attached hydrogens (tertiary/aromatic N) is 1. The van der Waals surface area contributed by atoms with Gasteiger partial charge in [-0.15, -0.1) is 0 Å². The van der Waals surface area contributed by atoms with Gasteiger partial charge in [0.15, 0.2) is 5.76 Å². The van der Waals surface area contributed by atoms with Gasteiger partial charge in [0.2, 0.25) is 0 Å². The van der Waals surface area contributed by atoms with Gasteiger partial charge >= 0.3 is 0 Å². The monoisotopic (exact) mass is 298 g/mol. The van der Waals surface area contributed by atoms with Crippen LogP contribution in [0.15, 0.2) is 63.7 Å². The van der Waals surface area contributed by atoms with Gasteiger partial charge in [0.1, 0.15) is 17.7 Å². The van der Waals surface area contributed by atoms with E-state index in [-0.39, 0.29) is 23.7 Å². The summed E-state index contributed by atoms with van der Waals surface area (Å²) in [5.41, 5.74) is 0.640. The summed E-state index contributed by atoms with van der Waals surface area (Å²) >= 11 is 0. The Labute approximate surface area is 126 Å². The third kappa shape index (κ3) is 3.17.